The van der Waals surface area contributed by atoms with Crippen molar-refractivity contribution in [3.8, 4) is 0 Å². The van der Waals surface area contributed by atoms with Crippen LogP contribution in [0.25, 0.3) is 0 Å². The maximum atomic E-state index is 12.1. The number of carbonyl (C=O) groups excluding carboxylic acids is 2. The van der Waals surface area contributed by atoms with Gasteiger partial charge in [-0.15, -0.1) is 0 Å². The Morgan fingerprint density at radius 3 is 2.40 bits per heavy atom. The van der Waals surface area contributed by atoms with Gasteiger partial charge in [-0.2, -0.15) is 0 Å². The minimum Gasteiger partial charge on any atom is -0.464 e. The van der Waals surface area contributed by atoms with Crippen molar-refractivity contribution in [1.29, 1.82) is 0 Å². The third-order valence-electron chi connectivity index (χ3n) is 5.74. The molecule has 0 radical (unpaired) electrons. The van der Waals surface area contributed by atoms with Crippen molar-refractivity contribution in [2.24, 2.45) is 0 Å². The topological polar surface area (TPSA) is 102 Å². The molecular formula is C26H31NO8. The van der Waals surface area contributed by atoms with E-state index in [1.165, 1.54) is 6.92 Å². The predicted octanol–water partition coefficient (Wildman–Crippen LogP) is 2.50. The highest BCUT2D eigenvalue weighted by molar-refractivity contribution is 5.73. The average molecular weight is 486 g/mol. The molecule has 6 atom stereocenters. The van der Waals surface area contributed by atoms with E-state index < -0.39 is 42.9 Å². The summed E-state index contributed by atoms with van der Waals surface area (Å²) in [4.78, 5) is 24.2. The van der Waals surface area contributed by atoms with E-state index in [1.807, 2.05) is 60.7 Å². The first kappa shape index (κ1) is 25.3. The van der Waals surface area contributed by atoms with Crippen LogP contribution in [-0.4, -0.2) is 62.3 Å². The summed E-state index contributed by atoms with van der Waals surface area (Å²) < 4.78 is 35.5. The maximum absolute atomic E-state index is 12.1. The number of hydrogen-bond acceptors (Lipinski definition) is 8. The number of carbonyl (C=O) groups is 2. The zero-order valence-corrected chi connectivity index (χ0v) is 19.8. The third-order valence-corrected chi connectivity index (χ3v) is 5.74. The van der Waals surface area contributed by atoms with Crippen LogP contribution in [0.2, 0.25) is 0 Å². The molecule has 4 rings (SSSR count). The molecular weight excluding hydrogens is 454 g/mol. The quantitative estimate of drug-likeness (QED) is 0.541. The Morgan fingerprint density at radius 1 is 1.00 bits per heavy atom. The zero-order chi connectivity index (χ0) is 24.6. The lowest BCUT2D eigenvalue weighted by Gasteiger charge is -2.49. The summed E-state index contributed by atoms with van der Waals surface area (Å²) in [5.41, 5.74) is 1.79. The Bertz CT molecular complexity index is 956. The number of amides is 1. The smallest absolute Gasteiger partial charge is 0.332 e. The highest BCUT2D eigenvalue weighted by atomic mass is 16.8. The van der Waals surface area contributed by atoms with E-state index in [1.54, 1.807) is 6.92 Å². The first-order valence-electron chi connectivity index (χ1n) is 11.7. The fraction of sp³-hybridized carbons (Fsp3) is 0.462. The summed E-state index contributed by atoms with van der Waals surface area (Å²) >= 11 is 0. The standard InChI is InChI=1S/C26H31NO8/c1-3-30-21(29)16-31-24-22(27-17(2)28)26(32-14-18-10-6-4-7-11-18)34-20-15-33-25(35-23(20)24)19-12-8-5-9-13-19/h4-13,20,22-26H,3,14-16H2,1-2H3,(H,27,28). The molecule has 2 aromatic carbocycles. The van der Waals surface area contributed by atoms with Crippen LogP contribution < -0.4 is 5.32 Å². The Hall–Kier alpha value is -2.82. The molecule has 188 valence electrons. The van der Waals surface area contributed by atoms with Crippen molar-refractivity contribution in [1.82, 2.24) is 5.32 Å². The van der Waals surface area contributed by atoms with Crippen LogP contribution in [0, 0.1) is 0 Å². The van der Waals surface area contributed by atoms with Crippen molar-refractivity contribution in [2.75, 3.05) is 19.8 Å². The number of ether oxygens (including phenoxy) is 6. The van der Waals surface area contributed by atoms with Gasteiger partial charge in [-0.1, -0.05) is 60.7 Å². The fourth-order valence-corrected chi connectivity index (χ4v) is 4.20. The van der Waals surface area contributed by atoms with Gasteiger partial charge in [0.15, 0.2) is 12.6 Å². The molecule has 35 heavy (non-hydrogen) atoms. The van der Waals surface area contributed by atoms with Gasteiger partial charge < -0.3 is 33.7 Å². The Kier molecular flexibility index (Phi) is 8.84. The van der Waals surface area contributed by atoms with Gasteiger partial charge in [-0.05, 0) is 12.5 Å². The number of benzene rings is 2. The lowest BCUT2D eigenvalue weighted by atomic mass is 9.95. The van der Waals surface area contributed by atoms with Crippen molar-refractivity contribution >= 4 is 11.9 Å². The van der Waals surface area contributed by atoms with Crippen LogP contribution in [0.15, 0.2) is 60.7 Å². The Morgan fingerprint density at radius 2 is 1.71 bits per heavy atom. The first-order valence-corrected chi connectivity index (χ1v) is 11.7. The molecule has 2 saturated heterocycles. The monoisotopic (exact) mass is 485 g/mol. The van der Waals surface area contributed by atoms with E-state index >= 15 is 0 Å². The van der Waals surface area contributed by atoms with E-state index in [-0.39, 0.29) is 32.3 Å². The van der Waals surface area contributed by atoms with Crippen LogP contribution in [0.1, 0.15) is 31.3 Å². The molecule has 2 heterocycles. The highest BCUT2D eigenvalue weighted by Crippen LogP contribution is 2.36. The van der Waals surface area contributed by atoms with Gasteiger partial charge in [-0.3, -0.25) is 4.79 Å². The molecule has 2 aromatic rings. The second kappa shape index (κ2) is 12.2. The van der Waals surface area contributed by atoms with E-state index in [2.05, 4.69) is 5.32 Å². The Labute approximate surface area is 204 Å². The molecule has 9 nitrogen and oxygen atoms in total. The molecule has 2 aliphatic heterocycles. The average Bonchev–Trinajstić information content (AvgIpc) is 2.87. The molecule has 0 aliphatic carbocycles. The van der Waals surface area contributed by atoms with Crippen LogP contribution >= 0.6 is 0 Å². The van der Waals surface area contributed by atoms with Gasteiger partial charge >= 0.3 is 5.97 Å². The Balaban J connectivity index is 1.56. The van der Waals surface area contributed by atoms with Crippen LogP contribution in [-0.2, 0) is 44.6 Å². The summed E-state index contributed by atoms with van der Waals surface area (Å²) in [7, 11) is 0. The van der Waals surface area contributed by atoms with Crippen LogP contribution in [0.4, 0.5) is 0 Å². The molecule has 2 aliphatic rings. The number of hydrogen-bond donors (Lipinski definition) is 1. The summed E-state index contributed by atoms with van der Waals surface area (Å²) in [6.45, 7) is 3.55. The van der Waals surface area contributed by atoms with E-state index in [0.717, 1.165) is 11.1 Å². The minimum atomic E-state index is -0.854. The second-order valence-corrected chi connectivity index (χ2v) is 8.32. The van der Waals surface area contributed by atoms with Gasteiger partial charge in [0.2, 0.25) is 5.91 Å². The molecule has 1 N–H and O–H groups in total. The largest absolute Gasteiger partial charge is 0.464 e. The van der Waals surface area contributed by atoms with Crippen molar-refractivity contribution in [2.45, 2.75) is 57.4 Å². The number of esters is 1. The number of fused-ring (bicyclic) bond motifs is 1. The van der Waals surface area contributed by atoms with Crippen molar-refractivity contribution in [3.05, 3.63) is 71.8 Å². The SMILES string of the molecule is CCOC(=O)COC1C(NC(C)=O)C(OCc2ccccc2)OC2COC(c3ccccc3)OC21. The first-order chi connectivity index (χ1) is 17.0. The van der Waals surface area contributed by atoms with Crippen LogP contribution in [0.3, 0.4) is 0 Å². The summed E-state index contributed by atoms with van der Waals surface area (Å²) in [5.74, 6) is -0.799. The van der Waals surface area contributed by atoms with Crippen molar-refractivity contribution < 1.29 is 38.0 Å². The van der Waals surface area contributed by atoms with Crippen molar-refractivity contribution in [3.63, 3.8) is 0 Å². The van der Waals surface area contributed by atoms with Gasteiger partial charge in [0.05, 0.1) is 19.8 Å². The van der Waals surface area contributed by atoms with Gasteiger partial charge in [0.25, 0.3) is 0 Å². The number of nitrogens with one attached hydrogen (secondary N) is 1. The highest BCUT2D eigenvalue weighted by Gasteiger charge is 2.51. The molecule has 2 fully saturated rings. The number of rotatable bonds is 9. The minimum absolute atomic E-state index is 0.224. The summed E-state index contributed by atoms with van der Waals surface area (Å²) in [5, 5.41) is 2.87. The maximum Gasteiger partial charge on any atom is 0.332 e. The lowest BCUT2D eigenvalue weighted by molar-refractivity contribution is -0.349. The zero-order valence-electron chi connectivity index (χ0n) is 19.8. The summed E-state index contributed by atoms with van der Waals surface area (Å²) in [6, 6.07) is 18.4. The molecule has 1 amide bonds. The molecule has 0 saturated carbocycles. The molecule has 6 unspecified atom stereocenters. The van der Waals surface area contributed by atoms with E-state index in [9.17, 15) is 9.59 Å². The van der Waals surface area contributed by atoms with Gasteiger partial charge in [0.1, 0.15) is 31.0 Å². The van der Waals surface area contributed by atoms with E-state index in [0.29, 0.717) is 0 Å². The fourth-order valence-electron chi connectivity index (χ4n) is 4.20. The molecule has 0 aromatic heterocycles. The third kappa shape index (κ3) is 6.65. The normalized spacial score (nSPS) is 28.1. The lowest BCUT2D eigenvalue weighted by Crippen LogP contribution is -2.67. The summed E-state index contributed by atoms with van der Waals surface area (Å²) in [6.07, 6.45) is -3.41. The molecule has 9 heteroatoms. The predicted molar refractivity (Wildman–Crippen MR) is 124 cm³/mol. The van der Waals surface area contributed by atoms with E-state index in [4.69, 9.17) is 28.4 Å². The second-order valence-electron chi connectivity index (χ2n) is 8.32. The van der Waals surface area contributed by atoms with Gasteiger partial charge in [0, 0.05) is 12.5 Å². The van der Waals surface area contributed by atoms with Gasteiger partial charge in [-0.25, -0.2) is 4.79 Å². The molecule has 0 spiro atoms. The van der Waals surface area contributed by atoms with Crippen LogP contribution in [0.5, 0.6) is 0 Å². The molecule has 0 bridgehead atoms.